The highest BCUT2D eigenvalue weighted by Gasteiger charge is 2.51. The van der Waals surface area contributed by atoms with Crippen LogP contribution in [-0.4, -0.2) is 49.0 Å². The Morgan fingerprint density at radius 2 is 1.60 bits per heavy atom. The van der Waals surface area contributed by atoms with E-state index >= 15 is 0 Å². The number of benzene rings is 1. The topological polar surface area (TPSA) is 21.7 Å². The summed E-state index contributed by atoms with van der Waals surface area (Å²) in [6, 6.07) is 7.68. The molecule has 0 unspecified atom stereocenters. The van der Waals surface area contributed by atoms with Gasteiger partial charge in [-0.3, -0.25) is 4.90 Å². The Labute approximate surface area is 146 Å². The minimum Gasteiger partial charge on any atom is -0.399 e. The van der Waals surface area contributed by atoms with E-state index in [1.165, 1.54) is 4.90 Å². The predicted octanol–water partition coefficient (Wildman–Crippen LogP) is 3.25. The molecule has 0 atom stereocenters. The van der Waals surface area contributed by atoms with Crippen molar-refractivity contribution in [3.8, 4) is 0 Å². The maximum absolute atomic E-state index is 12.5. The molecule has 0 amide bonds. The van der Waals surface area contributed by atoms with E-state index in [-0.39, 0.29) is 0 Å². The third-order valence-corrected chi connectivity index (χ3v) is 5.20. The number of hydrogen-bond acceptors (Lipinski definition) is 3. The van der Waals surface area contributed by atoms with Gasteiger partial charge in [0.1, 0.15) is 0 Å². The fourth-order valence-electron chi connectivity index (χ4n) is 3.03. The van der Waals surface area contributed by atoms with E-state index in [9.17, 15) is 13.2 Å². The van der Waals surface area contributed by atoms with Crippen LogP contribution in [0.15, 0.2) is 30.3 Å². The summed E-state index contributed by atoms with van der Waals surface area (Å²) in [6.45, 7) is 7.77. The normalized spacial score (nSPS) is 23.2. The van der Waals surface area contributed by atoms with Crippen LogP contribution in [0, 0.1) is 0 Å². The summed E-state index contributed by atoms with van der Waals surface area (Å²) in [5.74, 6) is 0. The first kappa shape index (κ1) is 18.5. The Hall–Kier alpha value is -1.31. The summed E-state index contributed by atoms with van der Waals surface area (Å²) in [5.41, 5.74) is 1.97. The third-order valence-electron chi connectivity index (χ3n) is 5.20. The quantitative estimate of drug-likeness (QED) is 0.779. The minimum absolute atomic E-state index is 0.315. The van der Waals surface area contributed by atoms with Crippen LogP contribution in [0.3, 0.4) is 0 Å². The molecule has 2 aliphatic rings. The zero-order chi connectivity index (χ0) is 18.5. The van der Waals surface area contributed by atoms with Crippen LogP contribution in [-0.2, 0) is 9.31 Å². The van der Waals surface area contributed by atoms with Crippen molar-refractivity contribution in [3.05, 3.63) is 35.9 Å². The summed E-state index contributed by atoms with van der Waals surface area (Å²) < 4.78 is 49.5. The lowest BCUT2D eigenvalue weighted by Crippen LogP contribution is -2.41. The smallest absolute Gasteiger partial charge is 0.399 e. The summed E-state index contributed by atoms with van der Waals surface area (Å²) in [6.07, 6.45) is -2.31. The monoisotopic (exact) mass is 353 g/mol. The second-order valence-corrected chi connectivity index (χ2v) is 7.72. The molecule has 3 rings (SSSR count). The molecule has 0 aliphatic carbocycles. The fraction of sp³-hybridized carbons (Fsp3) is 0.556. The van der Waals surface area contributed by atoms with Crippen molar-refractivity contribution >= 4 is 18.2 Å². The van der Waals surface area contributed by atoms with Gasteiger partial charge in [-0.15, -0.1) is 0 Å². The Morgan fingerprint density at radius 3 is 2.12 bits per heavy atom. The number of nitrogens with zero attached hydrogens (tertiary/aromatic N) is 1. The molecule has 0 N–H and O–H groups in total. The molecule has 0 saturated carbocycles. The van der Waals surface area contributed by atoms with E-state index in [0.717, 1.165) is 16.6 Å². The third kappa shape index (κ3) is 3.94. The molecule has 0 aromatic heterocycles. The van der Waals surface area contributed by atoms with E-state index in [1.54, 1.807) is 0 Å². The summed E-state index contributed by atoms with van der Waals surface area (Å²) in [4.78, 5) is 1.39. The molecule has 1 aromatic rings. The molecule has 2 heterocycles. The number of rotatable bonds is 3. The molecule has 3 nitrogen and oxygen atoms in total. The van der Waals surface area contributed by atoms with E-state index in [1.807, 2.05) is 58.0 Å². The van der Waals surface area contributed by atoms with Crippen molar-refractivity contribution in [1.82, 2.24) is 4.90 Å². The Balaban J connectivity index is 1.66. The SMILES string of the molecule is CC1(C)OB(c2ccc(C3=CCN(CC(F)(F)F)C3)cc2)OC1(C)C. The standard InChI is InChI=1S/C18H23BF3NO2/c1-16(2)17(3,4)25-19(24-16)15-7-5-13(6-8-15)14-9-10-23(11-14)12-18(20,21)22/h5-9H,10-12H2,1-4H3. The zero-order valence-corrected chi connectivity index (χ0v) is 15.0. The molecule has 2 aliphatic heterocycles. The number of alkyl halides is 3. The molecule has 0 bridgehead atoms. The van der Waals surface area contributed by atoms with Gasteiger partial charge in [0.15, 0.2) is 0 Å². The van der Waals surface area contributed by atoms with Crippen LogP contribution in [0.1, 0.15) is 33.3 Å². The van der Waals surface area contributed by atoms with Gasteiger partial charge >= 0.3 is 13.3 Å². The van der Waals surface area contributed by atoms with Gasteiger partial charge in [0.2, 0.25) is 0 Å². The van der Waals surface area contributed by atoms with Gasteiger partial charge in [-0.05, 0) is 44.3 Å². The molecule has 7 heteroatoms. The first-order chi connectivity index (χ1) is 11.5. The molecule has 25 heavy (non-hydrogen) atoms. The van der Waals surface area contributed by atoms with E-state index in [4.69, 9.17) is 9.31 Å². The molecule has 1 fully saturated rings. The van der Waals surface area contributed by atoms with E-state index < -0.39 is 31.0 Å². The lowest BCUT2D eigenvalue weighted by molar-refractivity contribution is -0.142. The van der Waals surface area contributed by atoms with Crippen molar-refractivity contribution in [1.29, 1.82) is 0 Å². The van der Waals surface area contributed by atoms with Crippen LogP contribution in [0.25, 0.3) is 5.57 Å². The maximum atomic E-state index is 12.5. The highest BCUT2D eigenvalue weighted by molar-refractivity contribution is 6.62. The van der Waals surface area contributed by atoms with E-state index in [2.05, 4.69) is 0 Å². The lowest BCUT2D eigenvalue weighted by atomic mass is 9.78. The summed E-state index contributed by atoms with van der Waals surface area (Å²) in [5, 5.41) is 0. The average Bonchev–Trinajstić information content (AvgIpc) is 3.00. The first-order valence-electron chi connectivity index (χ1n) is 8.41. The van der Waals surface area contributed by atoms with Gasteiger partial charge < -0.3 is 9.31 Å². The van der Waals surface area contributed by atoms with Crippen LogP contribution < -0.4 is 5.46 Å². The molecule has 1 aromatic carbocycles. The molecule has 0 radical (unpaired) electrons. The highest BCUT2D eigenvalue weighted by atomic mass is 19.4. The van der Waals surface area contributed by atoms with Crippen LogP contribution in [0.2, 0.25) is 0 Å². The van der Waals surface area contributed by atoms with Crippen molar-refractivity contribution in [2.45, 2.75) is 45.1 Å². The van der Waals surface area contributed by atoms with Crippen molar-refractivity contribution in [2.75, 3.05) is 19.6 Å². The average molecular weight is 353 g/mol. The Bertz CT molecular complexity index is 652. The second-order valence-electron chi connectivity index (χ2n) is 7.72. The molecule has 1 saturated heterocycles. The molecule has 136 valence electrons. The highest BCUT2D eigenvalue weighted by Crippen LogP contribution is 2.36. The molecular formula is C18H23BF3NO2. The summed E-state index contributed by atoms with van der Waals surface area (Å²) in [7, 11) is -0.432. The largest absolute Gasteiger partial charge is 0.494 e. The lowest BCUT2D eigenvalue weighted by Gasteiger charge is -2.32. The van der Waals surface area contributed by atoms with Crippen LogP contribution in [0.5, 0.6) is 0 Å². The molecule has 0 spiro atoms. The van der Waals surface area contributed by atoms with Crippen molar-refractivity contribution < 1.29 is 22.5 Å². The fourth-order valence-corrected chi connectivity index (χ4v) is 3.03. The van der Waals surface area contributed by atoms with Gasteiger partial charge in [-0.25, -0.2) is 0 Å². The van der Waals surface area contributed by atoms with Gasteiger partial charge in [0.05, 0.1) is 17.7 Å². The van der Waals surface area contributed by atoms with Gasteiger partial charge in [0.25, 0.3) is 0 Å². The van der Waals surface area contributed by atoms with Gasteiger partial charge in [-0.2, -0.15) is 13.2 Å². The first-order valence-corrected chi connectivity index (χ1v) is 8.41. The summed E-state index contributed by atoms with van der Waals surface area (Å²) >= 11 is 0. The number of hydrogen-bond donors (Lipinski definition) is 0. The predicted molar refractivity (Wildman–Crippen MR) is 92.6 cm³/mol. The minimum atomic E-state index is -4.16. The second kappa shape index (κ2) is 6.14. The Morgan fingerprint density at radius 1 is 1.04 bits per heavy atom. The molecular weight excluding hydrogens is 330 g/mol. The van der Waals surface area contributed by atoms with E-state index in [0.29, 0.717) is 13.1 Å². The number of halogens is 3. The maximum Gasteiger partial charge on any atom is 0.494 e. The van der Waals surface area contributed by atoms with Gasteiger partial charge in [-0.1, -0.05) is 30.3 Å². The van der Waals surface area contributed by atoms with Crippen LogP contribution in [0.4, 0.5) is 13.2 Å². The van der Waals surface area contributed by atoms with Gasteiger partial charge in [0, 0.05) is 13.1 Å². The van der Waals surface area contributed by atoms with Crippen molar-refractivity contribution in [2.24, 2.45) is 0 Å². The zero-order valence-electron chi connectivity index (χ0n) is 15.0. The van der Waals surface area contributed by atoms with Crippen molar-refractivity contribution in [3.63, 3.8) is 0 Å². The van der Waals surface area contributed by atoms with Crippen LogP contribution >= 0.6 is 0 Å². The Kier molecular flexibility index (Phi) is 4.54.